The smallest absolute Gasteiger partial charge is 0.350 e. The highest BCUT2D eigenvalue weighted by molar-refractivity contribution is 7.17. The molecule has 0 aliphatic carbocycles. The number of carbonyl (C=O) groups is 2. The van der Waals surface area contributed by atoms with E-state index in [4.69, 9.17) is 16.3 Å². The number of thiazole rings is 1. The average Bonchev–Trinajstić information content (AvgIpc) is 3.38. The Balaban J connectivity index is 1.49. The van der Waals surface area contributed by atoms with Crippen molar-refractivity contribution in [3.05, 3.63) is 45.4 Å². The summed E-state index contributed by atoms with van der Waals surface area (Å²) in [5.41, 5.74) is 2.43. The van der Waals surface area contributed by atoms with Crippen molar-refractivity contribution in [2.24, 2.45) is 0 Å². The van der Waals surface area contributed by atoms with Crippen LogP contribution in [0.2, 0.25) is 5.02 Å². The highest BCUT2D eigenvalue weighted by Gasteiger charge is 2.34. The van der Waals surface area contributed by atoms with Crippen LogP contribution >= 0.6 is 22.9 Å². The fourth-order valence-corrected chi connectivity index (χ4v) is 4.88. The summed E-state index contributed by atoms with van der Waals surface area (Å²) in [6.07, 6.45) is 3.56. The van der Waals surface area contributed by atoms with Crippen LogP contribution < -0.4 is 10.2 Å². The molecule has 4 heterocycles. The molecule has 12 heteroatoms. The number of anilines is 1. The van der Waals surface area contributed by atoms with E-state index in [1.54, 1.807) is 18.7 Å². The molecule has 3 aromatic rings. The second-order valence-corrected chi connectivity index (χ2v) is 9.01. The Morgan fingerprint density at radius 1 is 1.36 bits per heavy atom. The Labute approximate surface area is 198 Å². The van der Waals surface area contributed by atoms with E-state index in [1.165, 1.54) is 25.7 Å². The van der Waals surface area contributed by atoms with Gasteiger partial charge in [0.25, 0.3) is 5.91 Å². The number of amides is 1. The lowest BCUT2D eigenvalue weighted by Crippen LogP contribution is -2.52. The third kappa shape index (κ3) is 4.55. The molecular weight excluding hydrogens is 471 g/mol. The van der Waals surface area contributed by atoms with E-state index in [1.807, 2.05) is 0 Å². The van der Waals surface area contributed by atoms with Crippen LogP contribution in [0.1, 0.15) is 37.8 Å². The summed E-state index contributed by atoms with van der Waals surface area (Å²) in [6, 6.07) is -0.657. The molecule has 1 aliphatic rings. The molecule has 0 saturated carbocycles. The van der Waals surface area contributed by atoms with Crippen molar-refractivity contribution in [2.75, 3.05) is 25.1 Å². The number of H-pyrrole nitrogens is 1. The SMILES string of the molecule is COC(=O)c1sc(N2CC[C@@H](NC(=O)c3[nH]c(C)c(Cl)c3C)[C@@H](F)C2)nc1-c1cnccn1. The number of esters is 1. The van der Waals surface area contributed by atoms with E-state index in [2.05, 4.69) is 25.3 Å². The normalized spacial score (nSPS) is 18.3. The van der Waals surface area contributed by atoms with Gasteiger partial charge >= 0.3 is 5.97 Å². The predicted octanol–water partition coefficient (Wildman–Crippen LogP) is 3.33. The van der Waals surface area contributed by atoms with E-state index in [9.17, 15) is 9.59 Å². The van der Waals surface area contributed by atoms with Crippen LogP contribution in [0.4, 0.5) is 9.52 Å². The highest BCUT2D eigenvalue weighted by Crippen LogP contribution is 2.34. The summed E-state index contributed by atoms with van der Waals surface area (Å²) >= 11 is 7.27. The molecule has 1 fully saturated rings. The Morgan fingerprint density at radius 3 is 2.76 bits per heavy atom. The van der Waals surface area contributed by atoms with Crippen LogP contribution in [0, 0.1) is 13.8 Å². The first-order valence-electron chi connectivity index (χ1n) is 10.2. The van der Waals surface area contributed by atoms with Crippen molar-refractivity contribution in [1.82, 2.24) is 25.3 Å². The topological polar surface area (TPSA) is 113 Å². The van der Waals surface area contributed by atoms with E-state index >= 15 is 4.39 Å². The van der Waals surface area contributed by atoms with Gasteiger partial charge in [0.2, 0.25) is 0 Å². The number of carbonyl (C=O) groups excluding carboxylic acids is 2. The molecule has 3 aromatic heterocycles. The van der Waals surface area contributed by atoms with E-state index in [-0.39, 0.29) is 11.4 Å². The maximum absolute atomic E-state index is 15.1. The molecule has 2 atom stereocenters. The van der Waals surface area contributed by atoms with Crippen molar-refractivity contribution >= 4 is 39.9 Å². The first-order chi connectivity index (χ1) is 15.8. The van der Waals surface area contributed by atoms with Gasteiger partial charge in [-0.05, 0) is 25.8 Å². The monoisotopic (exact) mass is 492 g/mol. The average molecular weight is 493 g/mol. The van der Waals surface area contributed by atoms with Gasteiger partial charge in [0.1, 0.15) is 28.1 Å². The zero-order valence-corrected chi connectivity index (χ0v) is 19.8. The predicted molar refractivity (Wildman–Crippen MR) is 123 cm³/mol. The molecule has 0 bridgehead atoms. The number of rotatable bonds is 5. The zero-order chi connectivity index (χ0) is 23.7. The van der Waals surface area contributed by atoms with E-state index in [0.717, 1.165) is 11.3 Å². The van der Waals surface area contributed by atoms with Crippen LogP contribution in [0.5, 0.6) is 0 Å². The van der Waals surface area contributed by atoms with Gasteiger partial charge in [0.05, 0.1) is 30.9 Å². The lowest BCUT2D eigenvalue weighted by atomic mass is 10.0. The van der Waals surface area contributed by atoms with Crippen molar-refractivity contribution in [3.63, 3.8) is 0 Å². The first kappa shape index (κ1) is 23.1. The molecule has 33 heavy (non-hydrogen) atoms. The lowest BCUT2D eigenvalue weighted by Gasteiger charge is -2.34. The largest absolute Gasteiger partial charge is 0.465 e. The molecule has 174 valence electrons. The summed E-state index contributed by atoms with van der Waals surface area (Å²) in [5.74, 6) is -0.940. The summed E-state index contributed by atoms with van der Waals surface area (Å²) < 4.78 is 19.9. The summed E-state index contributed by atoms with van der Waals surface area (Å²) in [5, 5.41) is 3.74. The fraction of sp³-hybridized carbons (Fsp3) is 0.381. The van der Waals surface area contributed by atoms with E-state index in [0.29, 0.717) is 51.5 Å². The van der Waals surface area contributed by atoms with Gasteiger partial charge < -0.3 is 19.9 Å². The number of nitrogens with one attached hydrogen (secondary N) is 2. The standard InChI is InChI=1S/C21H22ClFN6O3S/c1-10-15(22)11(2)26-16(10)19(30)27-13-4-7-29(9-12(13)23)21-28-17(14-8-24-5-6-25-14)18(33-21)20(31)32-3/h5-6,8,12-13,26H,4,7,9H2,1-3H3,(H,27,30)/t12-,13+/m0/s1. The molecular formula is C21H22ClFN6O3S. The fourth-order valence-electron chi connectivity index (χ4n) is 3.71. The Bertz CT molecular complexity index is 1180. The number of aromatic nitrogens is 4. The molecule has 0 spiro atoms. The van der Waals surface area contributed by atoms with Crippen molar-refractivity contribution in [3.8, 4) is 11.4 Å². The molecule has 1 aliphatic heterocycles. The number of ether oxygens (including phenoxy) is 1. The van der Waals surface area contributed by atoms with Crippen LogP contribution in [0.15, 0.2) is 18.6 Å². The van der Waals surface area contributed by atoms with Gasteiger partial charge in [0.15, 0.2) is 5.13 Å². The summed E-state index contributed by atoms with van der Waals surface area (Å²) in [4.78, 5) is 42.7. The molecule has 1 saturated heterocycles. The molecule has 0 radical (unpaired) electrons. The highest BCUT2D eigenvalue weighted by atomic mass is 35.5. The number of aryl methyl sites for hydroxylation is 1. The van der Waals surface area contributed by atoms with Crippen LogP contribution in [0.25, 0.3) is 11.4 Å². The molecule has 2 N–H and O–H groups in total. The third-order valence-electron chi connectivity index (χ3n) is 5.49. The number of hydrogen-bond donors (Lipinski definition) is 2. The number of halogens is 2. The van der Waals surface area contributed by atoms with Gasteiger partial charge in [-0.15, -0.1) is 0 Å². The second kappa shape index (κ2) is 9.44. The number of nitrogens with zero attached hydrogens (tertiary/aromatic N) is 4. The molecule has 1 amide bonds. The van der Waals surface area contributed by atoms with Crippen LogP contribution in [-0.4, -0.2) is 64.2 Å². The van der Waals surface area contributed by atoms with Crippen LogP contribution in [-0.2, 0) is 4.74 Å². The molecule has 0 aromatic carbocycles. The molecule has 9 nitrogen and oxygen atoms in total. The maximum Gasteiger partial charge on any atom is 0.350 e. The third-order valence-corrected chi connectivity index (χ3v) is 7.16. The van der Waals surface area contributed by atoms with Gasteiger partial charge in [-0.1, -0.05) is 22.9 Å². The summed E-state index contributed by atoms with van der Waals surface area (Å²) in [7, 11) is 1.29. The minimum atomic E-state index is -1.33. The van der Waals surface area contributed by atoms with Crippen LogP contribution in [0.3, 0.4) is 0 Å². The molecule has 4 rings (SSSR count). The number of methoxy groups -OCH3 is 1. The Hall–Kier alpha value is -3.05. The zero-order valence-electron chi connectivity index (χ0n) is 18.2. The van der Waals surface area contributed by atoms with Crippen molar-refractivity contribution in [1.29, 1.82) is 0 Å². The summed E-state index contributed by atoms with van der Waals surface area (Å²) in [6.45, 7) is 3.98. The Morgan fingerprint density at radius 2 is 2.15 bits per heavy atom. The van der Waals surface area contributed by atoms with Gasteiger partial charge in [-0.25, -0.2) is 14.2 Å². The van der Waals surface area contributed by atoms with Crippen molar-refractivity contribution < 1.29 is 18.7 Å². The van der Waals surface area contributed by atoms with Crippen molar-refractivity contribution in [2.45, 2.75) is 32.5 Å². The maximum atomic E-state index is 15.1. The minimum Gasteiger partial charge on any atom is -0.465 e. The van der Waals surface area contributed by atoms with Gasteiger partial charge in [-0.2, -0.15) is 0 Å². The quantitative estimate of drug-likeness (QED) is 0.525. The number of alkyl halides is 1. The first-order valence-corrected chi connectivity index (χ1v) is 11.4. The van der Waals surface area contributed by atoms with Gasteiger partial charge in [-0.3, -0.25) is 14.8 Å². The second-order valence-electron chi connectivity index (χ2n) is 7.65. The van der Waals surface area contributed by atoms with E-state index < -0.39 is 24.1 Å². The lowest BCUT2D eigenvalue weighted by molar-refractivity contribution is 0.0606. The van der Waals surface area contributed by atoms with Gasteiger partial charge in [0, 0.05) is 24.6 Å². The number of piperidine rings is 1. The number of aromatic amines is 1. The minimum absolute atomic E-state index is 0.0163. The Kier molecular flexibility index (Phi) is 6.61. The number of hydrogen-bond acceptors (Lipinski definition) is 8. The molecule has 0 unspecified atom stereocenters.